The van der Waals surface area contributed by atoms with Gasteiger partial charge in [-0.1, -0.05) is 37.6 Å². The van der Waals surface area contributed by atoms with Gasteiger partial charge in [0.1, 0.15) is 0 Å². The van der Waals surface area contributed by atoms with Crippen LogP contribution < -0.4 is 5.73 Å². The van der Waals surface area contributed by atoms with Crippen LogP contribution in [-0.4, -0.2) is 0 Å². The molecule has 1 rings (SSSR count). The Hall–Kier alpha value is -0.980. The maximum Gasteiger partial charge on any atom is 0.0276 e. The fourth-order valence-corrected chi connectivity index (χ4v) is 0.738. The average Bonchev–Trinajstić information content (AvgIpc) is 2.20. The summed E-state index contributed by atoms with van der Waals surface area (Å²) in [5.41, 5.74) is 7.76. The number of allylic oxidation sites excluding steroid dienone is 5. The SMILES string of the molecule is CC.CC1=CC=CC(N)=CC1. The van der Waals surface area contributed by atoms with Gasteiger partial charge in [-0.05, 0) is 19.4 Å². The summed E-state index contributed by atoms with van der Waals surface area (Å²) in [5.74, 6) is 0. The lowest BCUT2D eigenvalue weighted by molar-refractivity contribution is 1.19. The highest BCUT2D eigenvalue weighted by molar-refractivity contribution is 5.27. The summed E-state index contributed by atoms with van der Waals surface area (Å²) in [6.45, 7) is 6.10. The third-order valence-electron chi connectivity index (χ3n) is 1.33. The molecule has 0 aromatic carbocycles. The molecule has 1 aliphatic carbocycles. The van der Waals surface area contributed by atoms with Gasteiger partial charge in [-0.3, -0.25) is 0 Å². The molecule has 0 saturated carbocycles. The van der Waals surface area contributed by atoms with Crippen LogP contribution in [0.15, 0.2) is 35.6 Å². The molecule has 62 valence electrons. The lowest BCUT2D eigenvalue weighted by atomic mass is 10.2. The Morgan fingerprint density at radius 3 is 2.64 bits per heavy atom. The Morgan fingerprint density at radius 1 is 1.36 bits per heavy atom. The molecule has 0 heterocycles. The van der Waals surface area contributed by atoms with Crippen molar-refractivity contribution in [3.63, 3.8) is 0 Å². The summed E-state index contributed by atoms with van der Waals surface area (Å²) in [7, 11) is 0. The molecule has 0 atom stereocenters. The number of hydrogen-bond donors (Lipinski definition) is 1. The molecule has 0 spiro atoms. The topological polar surface area (TPSA) is 26.0 Å². The highest BCUT2D eigenvalue weighted by Crippen LogP contribution is 2.06. The molecule has 0 aromatic rings. The molecule has 11 heavy (non-hydrogen) atoms. The summed E-state index contributed by atoms with van der Waals surface area (Å²) in [6.07, 6.45) is 8.98. The van der Waals surface area contributed by atoms with Gasteiger partial charge in [0.15, 0.2) is 0 Å². The lowest BCUT2D eigenvalue weighted by Crippen LogP contribution is -1.90. The van der Waals surface area contributed by atoms with Crippen molar-refractivity contribution in [2.24, 2.45) is 5.73 Å². The van der Waals surface area contributed by atoms with Crippen LogP contribution in [0.5, 0.6) is 0 Å². The summed E-state index contributed by atoms with van der Waals surface area (Å²) >= 11 is 0. The molecule has 0 radical (unpaired) electrons. The molecule has 1 heteroatoms. The van der Waals surface area contributed by atoms with Gasteiger partial charge in [0.2, 0.25) is 0 Å². The first-order valence-electron chi connectivity index (χ1n) is 4.08. The Balaban J connectivity index is 0.000000461. The Morgan fingerprint density at radius 2 is 2.00 bits per heavy atom. The standard InChI is InChI=1S/C8H11N.C2H6/c1-7-3-2-4-8(9)6-5-7;1-2/h2-4,6H,5,9H2,1H3;1-2H3. The van der Waals surface area contributed by atoms with Crippen LogP contribution in [0.3, 0.4) is 0 Å². The predicted octanol–water partition coefficient (Wildman–Crippen LogP) is 2.76. The quantitative estimate of drug-likeness (QED) is 0.566. The highest BCUT2D eigenvalue weighted by Gasteiger charge is 1.89. The molecular weight excluding hydrogens is 134 g/mol. The molecule has 0 amide bonds. The maximum absolute atomic E-state index is 5.54. The Labute approximate surface area is 69.3 Å². The zero-order valence-corrected chi connectivity index (χ0v) is 7.59. The summed E-state index contributed by atoms with van der Waals surface area (Å²) in [5, 5.41) is 0. The zero-order chi connectivity index (χ0) is 8.69. The second-order valence-electron chi connectivity index (χ2n) is 2.28. The molecular formula is C10H17N. The summed E-state index contributed by atoms with van der Waals surface area (Å²) < 4.78 is 0. The molecule has 0 aromatic heterocycles. The first-order chi connectivity index (χ1) is 5.29. The Kier molecular flexibility index (Phi) is 5.26. The van der Waals surface area contributed by atoms with Crippen molar-refractivity contribution in [1.82, 2.24) is 0 Å². The molecule has 0 fully saturated rings. The molecule has 1 aliphatic rings. The van der Waals surface area contributed by atoms with E-state index in [1.165, 1.54) is 5.57 Å². The van der Waals surface area contributed by atoms with Gasteiger partial charge >= 0.3 is 0 Å². The van der Waals surface area contributed by atoms with Gasteiger partial charge in [-0.25, -0.2) is 0 Å². The van der Waals surface area contributed by atoms with E-state index in [1.807, 2.05) is 32.1 Å². The first kappa shape index (κ1) is 10.0. The molecule has 1 nitrogen and oxygen atoms in total. The van der Waals surface area contributed by atoms with Crippen LogP contribution in [0, 0.1) is 0 Å². The fraction of sp³-hybridized carbons (Fsp3) is 0.400. The zero-order valence-electron chi connectivity index (χ0n) is 7.59. The van der Waals surface area contributed by atoms with E-state index in [9.17, 15) is 0 Å². The van der Waals surface area contributed by atoms with E-state index >= 15 is 0 Å². The van der Waals surface area contributed by atoms with Crippen molar-refractivity contribution in [3.8, 4) is 0 Å². The monoisotopic (exact) mass is 151 g/mol. The van der Waals surface area contributed by atoms with Crippen LogP contribution in [0.1, 0.15) is 27.2 Å². The van der Waals surface area contributed by atoms with Crippen molar-refractivity contribution in [2.45, 2.75) is 27.2 Å². The van der Waals surface area contributed by atoms with Gasteiger partial charge in [0.05, 0.1) is 0 Å². The van der Waals surface area contributed by atoms with Crippen molar-refractivity contribution in [3.05, 3.63) is 35.6 Å². The van der Waals surface area contributed by atoms with Crippen LogP contribution in [-0.2, 0) is 0 Å². The van der Waals surface area contributed by atoms with E-state index in [0.29, 0.717) is 0 Å². The maximum atomic E-state index is 5.54. The van der Waals surface area contributed by atoms with E-state index in [-0.39, 0.29) is 0 Å². The number of rotatable bonds is 0. The minimum atomic E-state index is 0.864. The minimum absolute atomic E-state index is 0.864. The minimum Gasteiger partial charge on any atom is -0.399 e. The van der Waals surface area contributed by atoms with Gasteiger partial charge in [0.25, 0.3) is 0 Å². The number of nitrogens with two attached hydrogens (primary N) is 1. The second-order valence-corrected chi connectivity index (χ2v) is 2.28. The number of hydrogen-bond acceptors (Lipinski definition) is 1. The van der Waals surface area contributed by atoms with Gasteiger partial charge in [-0.15, -0.1) is 0 Å². The largest absolute Gasteiger partial charge is 0.399 e. The van der Waals surface area contributed by atoms with Crippen LogP contribution in [0.2, 0.25) is 0 Å². The summed E-state index contributed by atoms with van der Waals surface area (Å²) in [4.78, 5) is 0. The summed E-state index contributed by atoms with van der Waals surface area (Å²) in [6, 6.07) is 0. The van der Waals surface area contributed by atoms with E-state index in [4.69, 9.17) is 5.73 Å². The average molecular weight is 151 g/mol. The van der Waals surface area contributed by atoms with Crippen molar-refractivity contribution >= 4 is 0 Å². The van der Waals surface area contributed by atoms with Crippen LogP contribution in [0.4, 0.5) is 0 Å². The smallest absolute Gasteiger partial charge is 0.0276 e. The normalized spacial score (nSPS) is 15.5. The lowest BCUT2D eigenvalue weighted by Gasteiger charge is -1.89. The van der Waals surface area contributed by atoms with Crippen LogP contribution >= 0.6 is 0 Å². The van der Waals surface area contributed by atoms with Crippen molar-refractivity contribution < 1.29 is 0 Å². The first-order valence-corrected chi connectivity index (χ1v) is 4.08. The van der Waals surface area contributed by atoms with E-state index < -0.39 is 0 Å². The van der Waals surface area contributed by atoms with Crippen molar-refractivity contribution in [2.75, 3.05) is 0 Å². The van der Waals surface area contributed by atoms with E-state index in [2.05, 4.69) is 13.0 Å². The van der Waals surface area contributed by atoms with Crippen LogP contribution in [0.25, 0.3) is 0 Å². The molecule has 0 aliphatic heterocycles. The third-order valence-corrected chi connectivity index (χ3v) is 1.33. The van der Waals surface area contributed by atoms with Gasteiger partial charge in [0, 0.05) is 5.70 Å². The van der Waals surface area contributed by atoms with E-state index in [0.717, 1.165) is 12.1 Å². The molecule has 2 N–H and O–H groups in total. The highest BCUT2D eigenvalue weighted by atomic mass is 14.5. The molecule has 0 unspecified atom stereocenters. The molecule has 0 saturated heterocycles. The second kappa shape index (κ2) is 5.78. The van der Waals surface area contributed by atoms with Crippen molar-refractivity contribution in [1.29, 1.82) is 0 Å². The van der Waals surface area contributed by atoms with Gasteiger partial charge < -0.3 is 5.73 Å². The Bertz CT molecular complexity index is 182. The van der Waals surface area contributed by atoms with E-state index in [1.54, 1.807) is 0 Å². The fourth-order valence-electron chi connectivity index (χ4n) is 0.738. The van der Waals surface area contributed by atoms with Gasteiger partial charge in [-0.2, -0.15) is 0 Å². The predicted molar refractivity (Wildman–Crippen MR) is 51.1 cm³/mol. The molecule has 0 bridgehead atoms. The third kappa shape index (κ3) is 4.43.